The Balaban J connectivity index is 2.65. The third-order valence-electron chi connectivity index (χ3n) is 1.62. The summed E-state index contributed by atoms with van der Waals surface area (Å²) < 4.78 is 40.7. The lowest BCUT2D eigenvalue weighted by molar-refractivity contribution is -0.190. The van der Waals surface area contributed by atoms with Gasteiger partial charge < -0.3 is 9.84 Å². The number of ether oxygens (including phenoxy) is 1. The van der Waals surface area contributed by atoms with Crippen LogP contribution in [-0.2, 0) is 6.61 Å². The van der Waals surface area contributed by atoms with Gasteiger partial charge in [0.05, 0.1) is 12.3 Å². The van der Waals surface area contributed by atoms with Crippen molar-refractivity contribution in [2.75, 3.05) is 0 Å². The van der Waals surface area contributed by atoms with Crippen molar-refractivity contribution in [3.63, 3.8) is 0 Å². The second kappa shape index (κ2) is 4.43. The van der Waals surface area contributed by atoms with E-state index in [9.17, 15) is 13.2 Å². The van der Waals surface area contributed by atoms with E-state index in [1.54, 1.807) is 0 Å². The Hall–Kier alpha value is -1.37. The number of aliphatic hydroxyl groups excluding tert-OH is 1. The average molecular weight is 222 g/mol. The van der Waals surface area contributed by atoms with E-state index in [0.29, 0.717) is 0 Å². The SMILES string of the molecule is CC(Oc1ccc(CO)nn1)C(F)(F)F. The number of aromatic nitrogens is 2. The normalized spacial score (nSPS) is 13.7. The van der Waals surface area contributed by atoms with Gasteiger partial charge in [0.2, 0.25) is 5.88 Å². The van der Waals surface area contributed by atoms with E-state index in [2.05, 4.69) is 14.9 Å². The maximum absolute atomic E-state index is 12.1. The second-order valence-electron chi connectivity index (χ2n) is 2.82. The van der Waals surface area contributed by atoms with Crippen LogP contribution in [0.25, 0.3) is 0 Å². The van der Waals surface area contributed by atoms with Crippen LogP contribution < -0.4 is 4.74 Å². The molecule has 0 fully saturated rings. The van der Waals surface area contributed by atoms with Crippen LogP contribution in [0.3, 0.4) is 0 Å². The number of nitrogens with zero attached hydrogens (tertiary/aromatic N) is 2. The van der Waals surface area contributed by atoms with E-state index < -0.39 is 12.3 Å². The molecule has 1 heterocycles. The highest BCUT2D eigenvalue weighted by Gasteiger charge is 2.38. The molecule has 0 radical (unpaired) electrons. The van der Waals surface area contributed by atoms with Gasteiger partial charge >= 0.3 is 6.18 Å². The fourth-order valence-electron chi connectivity index (χ4n) is 0.743. The lowest BCUT2D eigenvalue weighted by Gasteiger charge is -2.16. The lowest BCUT2D eigenvalue weighted by Crippen LogP contribution is -2.31. The van der Waals surface area contributed by atoms with Crippen molar-refractivity contribution < 1.29 is 23.0 Å². The molecule has 15 heavy (non-hydrogen) atoms. The third kappa shape index (κ3) is 3.35. The molecular weight excluding hydrogens is 213 g/mol. The molecule has 0 aliphatic rings. The van der Waals surface area contributed by atoms with Crippen LogP contribution in [0.1, 0.15) is 12.6 Å². The molecule has 7 heteroatoms. The maximum atomic E-state index is 12.1. The van der Waals surface area contributed by atoms with Gasteiger partial charge in [-0.3, -0.25) is 0 Å². The molecule has 1 aromatic rings. The van der Waals surface area contributed by atoms with Crippen molar-refractivity contribution in [3.05, 3.63) is 17.8 Å². The molecule has 4 nitrogen and oxygen atoms in total. The highest BCUT2D eigenvalue weighted by Crippen LogP contribution is 2.23. The summed E-state index contributed by atoms with van der Waals surface area (Å²) in [5.41, 5.74) is 0.266. The first-order valence-electron chi connectivity index (χ1n) is 4.10. The first-order chi connectivity index (χ1) is 6.93. The Bertz CT molecular complexity index is 313. The van der Waals surface area contributed by atoms with E-state index >= 15 is 0 Å². The molecule has 0 aliphatic carbocycles. The van der Waals surface area contributed by atoms with E-state index in [0.717, 1.165) is 6.92 Å². The van der Waals surface area contributed by atoms with Gasteiger partial charge in [0.15, 0.2) is 6.10 Å². The molecule has 0 amide bonds. The summed E-state index contributed by atoms with van der Waals surface area (Å²) in [6, 6.07) is 2.56. The van der Waals surface area contributed by atoms with Crippen LogP contribution in [0.5, 0.6) is 5.88 Å². The lowest BCUT2D eigenvalue weighted by atomic mass is 10.4. The average Bonchev–Trinajstić information content (AvgIpc) is 2.17. The Kier molecular flexibility index (Phi) is 3.46. The molecule has 1 atom stereocenters. The van der Waals surface area contributed by atoms with Gasteiger partial charge in [0.1, 0.15) is 0 Å². The molecule has 1 aromatic heterocycles. The van der Waals surface area contributed by atoms with Gasteiger partial charge in [-0.15, -0.1) is 10.2 Å². The zero-order valence-electron chi connectivity index (χ0n) is 7.82. The van der Waals surface area contributed by atoms with Crippen LogP contribution in [0.2, 0.25) is 0 Å². The van der Waals surface area contributed by atoms with Crippen molar-refractivity contribution in [2.45, 2.75) is 25.8 Å². The van der Waals surface area contributed by atoms with Gasteiger partial charge in [-0.25, -0.2) is 0 Å². The summed E-state index contributed by atoms with van der Waals surface area (Å²) in [4.78, 5) is 0. The van der Waals surface area contributed by atoms with Crippen LogP contribution in [-0.4, -0.2) is 27.6 Å². The zero-order chi connectivity index (χ0) is 11.5. The summed E-state index contributed by atoms with van der Waals surface area (Å²) in [6.45, 7) is 0.559. The maximum Gasteiger partial charge on any atom is 0.425 e. The summed E-state index contributed by atoms with van der Waals surface area (Å²) in [7, 11) is 0. The second-order valence-corrected chi connectivity index (χ2v) is 2.82. The molecule has 0 bridgehead atoms. The monoisotopic (exact) mass is 222 g/mol. The molecular formula is C8H9F3N2O2. The van der Waals surface area contributed by atoms with Crippen molar-refractivity contribution in [3.8, 4) is 5.88 Å². The smallest absolute Gasteiger partial charge is 0.425 e. The predicted octanol–water partition coefficient (Wildman–Crippen LogP) is 1.30. The Morgan fingerprint density at radius 1 is 1.40 bits per heavy atom. The first kappa shape index (κ1) is 11.7. The highest BCUT2D eigenvalue weighted by molar-refractivity contribution is 5.11. The Morgan fingerprint density at radius 3 is 2.47 bits per heavy atom. The fraction of sp³-hybridized carbons (Fsp3) is 0.500. The predicted molar refractivity (Wildman–Crippen MR) is 44.1 cm³/mol. The minimum atomic E-state index is -4.43. The summed E-state index contributed by atoms with van der Waals surface area (Å²) in [5.74, 6) is -0.225. The van der Waals surface area contributed by atoms with Gasteiger partial charge in [0, 0.05) is 6.07 Å². The van der Waals surface area contributed by atoms with Crippen LogP contribution in [0.15, 0.2) is 12.1 Å². The molecule has 84 valence electrons. The zero-order valence-corrected chi connectivity index (χ0v) is 7.82. The molecule has 1 N–H and O–H groups in total. The summed E-state index contributed by atoms with van der Waals surface area (Å²) in [6.07, 6.45) is -6.37. The third-order valence-corrected chi connectivity index (χ3v) is 1.62. The largest absolute Gasteiger partial charge is 0.464 e. The number of halogens is 3. The summed E-state index contributed by atoms with van der Waals surface area (Å²) in [5, 5.41) is 15.4. The number of alkyl halides is 3. The van der Waals surface area contributed by atoms with Gasteiger partial charge in [-0.2, -0.15) is 13.2 Å². The van der Waals surface area contributed by atoms with Crippen molar-refractivity contribution >= 4 is 0 Å². The van der Waals surface area contributed by atoms with E-state index in [1.165, 1.54) is 12.1 Å². The number of hydrogen-bond acceptors (Lipinski definition) is 4. The Morgan fingerprint density at radius 2 is 2.07 bits per heavy atom. The van der Waals surface area contributed by atoms with Crippen molar-refractivity contribution in [2.24, 2.45) is 0 Å². The van der Waals surface area contributed by atoms with Crippen LogP contribution >= 0.6 is 0 Å². The topological polar surface area (TPSA) is 55.2 Å². The van der Waals surface area contributed by atoms with Gasteiger partial charge in [0.25, 0.3) is 0 Å². The minimum Gasteiger partial charge on any atom is -0.464 e. The summed E-state index contributed by atoms with van der Waals surface area (Å²) >= 11 is 0. The van der Waals surface area contributed by atoms with E-state index in [1.807, 2.05) is 0 Å². The number of rotatable bonds is 3. The number of aliphatic hydroxyl groups is 1. The van der Waals surface area contributed by atoms with Crippen molar-refractivity contribution in [1.29, 1.82) is 0 Å². The molecule has 0 spiro atoms. The highest BCUT2D eigenvalue weighted by atomic mass is 19.4. The van der Waals surface area contributed by atoms with Crippen molar-refractivity contribution in [1.82, 2.24) is 10.2 Å². The fourth-order valence-corrected chi connectivity index (χ4v) is 0.743. The molecule has 0 saturated carbocycles. The standard InChI is InChI=1S/C8H9F3N2O2/c1-5(8(9,10)11)15-7-3-2-6(4-14)12-13-7/h2-3,5,14H,4H2,1H3. The van der Waals surface area contributed by atoms with Gasteiger partial charge in [-0.05, 0) is 13.0 Å². The molecule has 0 aliphatic heterocycles. The Labute approximate surface area is 83.7 Å². The van der Waals surface area contributed by atoms with Gasteiger partial charge in [-0.1, -0.05) is 0 Å². The molecule has 0 aromatic carbocycles. The van der Waals surface area contributed by atoms with E-state index in [-0.39, 0.29) is 18.2 Å². The molecule has 0 saturated heterocycles. The minimum absolute atomic E-state index is 0.225. The quantitative estimate of drug-likeness (QED) is 0.837. The molecule has 1 unspecified atom stereocenters. The number of hydrogen-bond donors (Lipinski definition) is 1. The van der Waals surface area contributed by atoms with Crippen LogP contribution in [0, 0.1) is 0 Å². The first-order valence-corrected chi connectivity index (χ1v) is 4.10. The van der Waals surface area contributed by atoms with E-state index in [4.69, 9.17) is 5.11 Å². The molecule has 1 rings (SSSR count). The van der Waals surface area contributed by atoms with Crippen LogP contribution in [0.4, 0.5) is 13.2 Å².